The lowest BCUT2D eigenvalue weighted by molar-refractivity contribution is -0.138. The van der Waals surface area contributed by atoms with Gasteiger partial charge in [0.15, 0.2) is 5.11 Å². The molecule has 0 aromatic rings. The lowest BCUT2D eigenvalue weighted by Gasteiger charge is -2.54. The van der Waals surface area contributed by atoms with E-state index in [0.717, 1.165) is 35.5 Å². The van der Waals surface area contributed by atoms with Crippen LogP contribution in [-0.2, 0) is 4.79 Å². The molecule has 8 aliphatic carbocycles. The highest BCUT2D eigenvalue weighted by Gasteiger charge is 2.51. The van der Waals surface area contributed by atoms with E-state index in [4.69, 9.17) is 12.2 Å². The van der Waals surface area contributed by atoms with E-state index in [0.29, 0.717) is 23.0 Å². The zero-order valence-corrected chi connectivity index (χ0v) is 17.0. The maximum absolute atomic E-state index is 12.9. The molecule has 8 saturated carbocycles. The molecule has 8 bridgehead atoms. The molecule has 8 aliphatic rings. The van der Waals surface area contributed by atoms with Crippen molar-refractivity contribution in [2.75, 3.05) is 0 Å². The second-order valence-corrected chi connectivity index (χ2v) is 11.4. The van der Waals surface area contributed by atoms with Gasteiger partial charge in [0.1, 0.15) is 0 Å². The van der Waals surface area contributed by atoms with Crippen LogP contribution in [0.15, 0.2) is 0 Å². The summed E-state index contributed by atoms with van der Waals surface area (Å²) in [5, 5.41) is 4.22. The van der Waals surface area contributed by atoms with Crippen LogP contribution >= 0.6 is 12.2 Å². The predicted molar refractivity (Wildman–Crippen MR) is 108 cm³/mol. The lowest BCUT2D eigenvalue weighted by Crippen LogP contribution is -2.60. The van der Waals surface area contributed by atoms with Crippen molar-refractivity contribution in [1.29, 1.82) is 0 Å². The summed E-state index contributed by atoms with van der Waals surface area (Å²) in [6.07, 6.45) is 13.6. The van der Waals surface area contributed by atoms with Crippen molar-refractivity contribution in [3.05, 3.63) is 0 Å². The second kappa shape index (κ2) is 6.33. The molecule has 8 rings (SSSR count). The van der Waals surface area contributed by atoms with E-state index in [1.165, 1.54) is 64.2 Å². The van der Waals surface area contributed by atoms with Crippen LogP contribution in [0.1, 0.15) is 64.2 Å². The van der Waals surface area contributed by atoms with Crippen molar-refractivity contribution in [1.82, 2.24) is 16.2 Å². The van der Waals surface area contributed by atoms with Crippen molar-refractivity contribution >= 4 is 23.2 Å². The summed E-state index contributed by atoms with van der Waals surface area (Å²) < 4.78 is 0. The van der Waals surface area contributed by atoms with Crippen molar-refractivity contribution in [3.8, 4) is 0 Å². The van der Waals surface area contributed by atoms with Gasteiger partial charge in [-0.15, -0.1) is 0 Å². The van der Waals surface area contributed by atoms with E-state index in [-0.39, 0.29) is 11.8 Å². The van der Waals surface area contributed by atoms with E-state index in [2.05, 4.69) is 16.2 Å². The first kappa shape index (κ1) is 17.1. The molecule has 27 heavy (non-hydrogen) atoms. The average molecular weight is 388 g/mol. The van der Waals surface area contributed by atoms with E-state index in [1.807, 2.05) is 0 Å². The summed E-state index contributed by atoms with van der Waals surface area (Å²) in [6, 6.07) is 0.524. The van der Waals surface area contributed by atoms with Gasteiger partial charge < -0.3 is 5.32 Å². The monoisotopic (exact) mass is 387 g/mol. The molecule has 0 aromatic heterocycles. The fraction of sp³-hybridized carbons (Fsp3) is 0.909. The maximum atomic E-state index is 12.9. The second-order valence-electron chi connectivity index (χ2n) is 11.0. The number of thiocarbonyl (C=S) groups is 1. The molecule has 0 spiro atoms. The Bertz CT molecular complexity index is 593. The first-order chi connectivity index (χ1) is 13.1. The van der Waals surface area contributed by atoms with Crippen LogP contribution in [-0.4, -0.2) is 17.1 Å². The van der Waals surface area contributed by atoms with E-state index in [1.54, 1.807) is 0 Å². The molecule has 0 aliphatic heterocycles. The predicted octanol–water partition coefficient (Wildman–Crippen LogP) is 3.38. The van der Waals surface area contributed by atoms with Crippen LogP contribution in [0.5, 0.6) is 0 Å². The molecule has 148 valence electrons. The first-order valence-electron chi connectivity index (χ1n) is 11.5. The molecule has 0 aromatic carbocycles. The van der Waals surface area contributed by atoms with Gasteiger partial charge >= 0.3 is 0 Å². The third kappa shape index (κ3) is 2.90. The highest BCUT2D eigenvalue weighted by molar-refractivity contribution is 7.80. The average Bonchev–Trinajstić information content (AvgIpc) is 2.61. The van der Waals surface area contributed by atoms with Gasteiger partial charge in [-0.05, 0) is 124 Å². The van der Waals surface area contributed by atoms with Gasteiger partial charge in [0.05, 0.1) is 0 Å². The van der Waals surface area contributed by atoms with Gasteiger partial charge in [0.2, 0.25) is 5.91 Å². The van der Waals surface area contributed by atoms with Crippen LogP contribution in [0.2, 0.25) is 0 Å². The Hall–Kier alpha value is -0.840. The number of amides is 1. The van der Waals surface area contributed by atoms with Crippen LogP contribution in [0, 0.1) is 53.3 Å². The fourth-order valence-corrected chi connectivity index (χ4v) is 9.09. The number of hydrogen-bond donors (Lipinski definition) is 3. The van der Waals surface area contributed by atoms with E-state index in [9.17, 15) is 4.79 Å². The molecule has 0 radical (unpaired) electrons. The summed E-state index contributed by atoms with van der Waals surface area (Å²) in [7, 11) is 0. The Morgan fingerprint density at radius 3 is 1.56 bits per heavy atom. The molecule has 8 fully saturated rings. The van der Waals surface area contributed by atoms with Crippen molar-refractivity contribution in [3.63, 3.8) is 0 Å². The van der Waals surface area contributed by atoms with E-state index >= 15 is 0 Å². The quantitative estimate of drug-likeness (QED) is 0.502. The van der Waals surface area contributed by atoms with E-state index < -0.39 is 0 Å². The third-order valence-corrected chi connectivity index (χ3v) is 9.57. The Morgan fingerprint density at radius 1 is 0.630 bits per heavy atom. The minimum atomic E-state index is 0.193. The summed E-state index contributed by atoms with van der Waals surface area (Å²) in [5.41, 5.74) is 6.06. The summed E-state index contributed by atoms with van der Waals surface area (Å²) in [6.45, 7) is 0. The van der Waals surface area contributed by atoms with Crippen LogP contribution in [0.3, 0.4) is 0 Å². The number of carbonyl (C=O) groups is 1. The van der Waals surface area contributed by atoms with Gasteiger partial charge in [0, 0.05) is 12.0 Å². The minimum absolute atomic E-state index is 0.193. The third-order valence-electron chi connectivity index (χ3n) is 9.35. The highest BCUT2D eigenvalue weighted by atomic mass is 32.1. The summed E-state index contributed by atoms with van der Waals surface area (Å²) >= 11 is 5.56. The van der Waals surface area contributed by atoms with Crippen LogP contribution < -0.4 is 16.2 Å². The van der Waals surface area contributed by atoms with Gasteiger partial charge in [-0.2, -0.15) is 0 Å². The number of nitrogens with one attached hydrogen (secondary N) is 3. The molecule has 4 nitrogen and oxygen atoms in total. The Balaban J connectivity index is 1.03. The normalized spacial score (nSPS) is 51.3. The number of hydrogen-bond acceptors (Lipinski definition) is 2. The number of rotatable bonds is 2. The molecular formula is C22H33N3OS. The molecule has 1 amide bonds. The molecule has 0 unspecified atom stereocenters. The molecule has 5 heteroatoms. The van der Waals surface area contributed by atoms with Crippen molar-refractivity contribution < 1.29 is 4.79 Å². The molecule has 0 heterocycles. The Labute approximate surface area is 168 Å². The highest BCUT2D eigenvalue weighted by Crippen LogP contribution is 2.56. The van der Waals surface area contributed by atoms with Crippen LogP contribution in [0.25, 0.3) is 0 Å². The number of hydrazine groups is 1. The lowest BCUT2D eigenvalue weighted by atomic mass is 9.52. The SMILES string of the molecule is O=C(NNC(=S)NC1C2CC3CC(C2)CC1C3)C1C2CC3CC(C2)CC1C3. The topological polar surface area (TPSA) is 53.2 Å². The molecule has 3 N–H and O–H groups in total. The minimum Gasteiger partial charge on any atom is -0.358 e. The van der Waals surface area contributed by atoms with Crippen molar-refractivity contribution in [2.45, 2.75) is 70.3 Å². The summed E-state index contributed by atoms with van der Waals surface area (Å²) in [4.78, 5) is 12.9. The fourth-order valence-electron chi connectivity index (χ4n) is 8.90. The van der Waals surface area contributed by atoms with Gasteiger partial charge in [0.25, 0.3) is 0 Å². The summed E-state index contributed by atoms with van der Waals surface area (Å²) in [5.74, 6) is 7.00. The Kier molecular flexibility index (Phi) is 4.00. The Morgan fingerprint density at radius 2 is 1.07 bits per heavy atom. The molecule has 0 atom stereocenters. The van der Waals surface area contributed by atoms with Crippen molar-refractivity contribution in [2.24, 2.45) is 53.3 Å². The zero-order chi connectivity index (χ0) is 18.1. The first-order valence-corrected chi connectivity index (χ1v) is 11.9. The van der Waals surface area contributed by atoms with Gasteiger partial charge in [-0.25, -0.2) is 0 Å². The number of carbonyl (C=O) groups excluding carboxylic acids is 1. The van der Waals surface area contributed by atoms with Crippen LogP contribution in [0.4, 0.5) is 0 Å². The molecular weight excluding hydrogens is 354 g/mol. The van der Waals surface area contributed by atoms with Gasteiger partial charge in [-0.1, -0.05) is 0 Å². The zero-order valence-electron chi connectivity index (χ0n) is 16.2. The van der Waals surface area contributed by atoms with Gasteiger partial charge in [-0.3, -0.25) is 15.6 Å². The standard InChI is InChI=1S/C22H33N3OS/c26-21(19-15-3-11-1-12(5-15)6-16(19)4-11)24-25-22(27)23-20-17-7-13-2-14(9-17)10-18(20)8-13/h11-20H,1-10H2,(H,24,26)(H2,23,25,27). The molecule has 0 saturated heterocycles. The largest absolute Gasteiger partial charge is 0.358 e. The smallest absolute Gasteiger partial charge is 0.242 e. The maximum Gasteiger partial charge on any atom is 0.242 e.